The number of pyridine rings is 1. The van der Waals surface area contributed by atoms with E-state index in [1.807, 2.05) is 30.3 Å². The van der Waals surface area contributed by atoms with Gasteiger partial charge in [0, 0.05) is 31.0 Å². The van der Waals surface area contributed by atoms with Gasteiger partial charge in [-0.25, -0.2) is 8.42 Å². The molecule has 32 heavy (non-hydrogen) atoms. The summed E-state index contributed by atoms with van der Waals surface area (Å²) in [5, 5.41) is 2.79. The summed E-state index contributed by atoms with van der Waals surface area (Å²) in [6.07, 6.45) is 2.97. The summed E-state index contributed by atoms with van der Waals surface area (Å²) in [4.78, 5) is 32.2. The van der Waals surface area contributed by atoms with Crippen LogP contribution in [0.4, 0.5) is 0 Å². The predicted octanol–water partition coefficient (Wildman–Crippen LogP) is 2.37. The van der Waals surface area contributed by atoms with E-state index in [9.17, 15) is 18.0 Å². The highest BCUT2D eigenvalue weighted by atomic mass is 32.2. The molecule has 0 radical (unpaired) electrons. The monoisotopic (exact) mass is 449 g/mol. The first-order chi connectivity index (χ1) is 15.3. The Morgan fingerprint density at radius 3 is 2.41 bits per heavy atom. The minimum absolute atomic E-state index is 0.0480. The molecule has 1 N–H and O–H groups in total. The van der Waals surface area contributed by atoms with Crippen molar-refractivity contribution >= 4 is 21.7 Å². The minimum Gasteiger partial charge on any atom is -0.349 e. The average molecular weight is 450 g/mol. The average Bonchev–Trinajstić information content (AvgIpc) is 2.81. The first kappa shape index (κ1) is 21.7. The quantitative estimate of drug-likeness (QED) is 0.645. The lowest BCUT2D eigenvalue weighted by molar-refractivity contribution is -0.126. The van der Waals surface area contributed by atoms with Crippen LogP contribution in [0.3, 0.4) is 0 Å². The number of carbonyl (C=O) groups is 2. The zero-order valence-electron chi connectivity index (χ0n) is 17.6. The van der Waals surface area contributed by atoms with E-state index in [-0.39, 0.29) is 28.9 Å². The van der Waals surface area contributed by atoms with Gasteiger partial charge in [0.25, 0.3) is 5.91 Å². The predicted molar refractivity (Wildman–Crippen MR) is 119 cm³/mol. The van der Waals surface area contributed by atoms with Crippen LogP contribution in [0.25, 0.3) is 0 Å². The van der Waals surface area contributed by atoms with Crippen LogP contribution >= 0.6 is 0 Å². The number of nitrogens with zero attached hydrogens (tertiary/aromatic N) is 2. The fraction of sp³-hybridized carbons (Fsp3) is 0.208. The maximum absolute atomic E-state index is 13.2. The van der Waals surface area contributed by atoms with Crippen LogP contribution in [-0.4, -0.2) is 42.4 Å². The molecule has 1 aliphatic heterocycles. The summed E-state index contributed by atoms with van der Waals surface area (Å²) in [6.45, 7) is 0.272. The molecule has 0 bridgehead atoms. The number of hydrogen-bond donors (Lipinski definition) is 1. The smallest absolute Gasteiger partial charge is 0.254 e. The number of rotatable bonds is 5. The van der Waals surface area contributed by atoms with Crippen LogP contribution in [0.2, 0.25) is 0 Å². The van der Waals surface area contributed by atoms with E-state index in [2.05, 4.69) is 10.3 Å². The highest BCUT2D eigenvalue weighted by Gasteiger charge is 2.35. The molecule has 1 atom stereocenters. The highest BCUT2D eigenvalue weighted by molar-refractivity contribution is 7.90. The molecule has 164 valence electrons. The normalized spacial score (nSPS) is 15.7. The molecule has 7 nitrogen and oxygen atoms in total. The molecule has 0 spiro atoms. The summed E-state index contributed by atoms with van der Waals surface area (Å²) in [6, 6.07) is 18.9. The lowest BCUT2D eigenvalue weighted by Crippen LogP contribution is -2.52. The van der Waals surface area contributed by atoms with Gasteiger partial charge in [0.15, 0.2) is 9.84 Å². The molecule has 0 unspecified atom stereocenters. The Labute approximate surface area is 187 Å². The van der Waals surface area contributed by atoms with Crippen LogP contribution in [0, 0.1) is 0 Å². The van der Waals surface area contributed by atoms with Crippen molar-refractivity contribution in [3.63, 3.8) is 0 Å². The zero-order chi connectivity index (χ0) is 22.7. The van der Waals surface area contributed by atoms with Crippen LogP contribution in [0.15, 0.2) is 77.8 Å². The van der Waals surface area contributed by atoms with Crippen molar-refractivity contribution in [3.8, 4) is 0 Å². The summed E-state index contributed by atoms with van der Waals surface area (Å²) in [7, 11) is -3.48. The summed E-state index contributed by atoms with van der Waals surface area (Å²) < 4.78 is 24.1. The van der Waals surface area contributed by atoms with E-state index >= 15 is 0 Å². The van der Waals surface area contributed by atoms with E-state index in [0.29, 0.717) is 18.5 Å². The fourth-order valence-corrected chi connectivity index (χ4v) is 4.78. The van der Waals surface area contributed by atoms with Crippen molar-refractivity contribution < 1.29 is 18.0 Å². The second kappa shape index (κ2) is 8.92. The number of sulfone groups is 1. The van der Waals surface area contributed by atoms with Gasteiger partial charge in [0.1, 0.15) is 6.04 Å². The van der Waals surface area contributed by atoms with Crippen molar-refractivity contribution in [1.29, 1.82) is 0 Å². The molecule has 4 rings (SSSR count). The van der Waals surface area contributed by atoms with Crippen molar-refractivity contribution in [2.75, 3.05) is 6.26 Å². The van der Waals surface area contributed by atoms with Gasteiger partial charge in [-0.2, -0.15) is 0 Å². The molecule has 3 aromatic rings. The van der Waals surface area contributed by atoms with E-state index in [4.69, 9.17) is 0 Å². The molecular formula is C24H23N3O4S. The Kier molecular flexibility index (Phi) is 6.05. The van der Waals surface area contributed by atoms with Crippen LogP contribution in [-0.2, 0) is 34.1 Å². The van der Waals surface area contributed by atoms with Gasteiger partial charge < -0.3 is 10.2 Å². The number of benzene rings is 2. The number of hydrogen-bond acceptors (Lipinski definition) is 5. The number of carbonyl (C=O) groups excluding carboxylic acids is 2. The number of fused-ring (bicyclic) bond motifs is 1. The molecule has 0 saturated carbocycles. The second-order valence-corrected chi connectivity index (χ2v) is 9.71. The van der Waals surface area contributed by atoms with Crippen LogP contribution in [0.5, 0.6) is 0 Å². The molecule has 1 aromatic heterocycles. The summed E-state index contributed by atoms with van der Waals surface area (Å²) in [5.74, 6) is -0.580. The first-order valence-corrected chi connectivity index (χ1v) is 12.1. The van der Waals surface area contributed by atoms with Gasteiger partial charge in [-0.1, -0.05) is 42.5 Å². The molecule has 2 heterocycles. The Bertz CT molecular complexity index is 1260. The lowest BCUT2D eigenvalue weighted by Gasteiger charge is -2.36. The molecule has 0 saturated heterocycles. The Hall–Kier alpha value is -3.52. The summed E-state index contributed by atoms with van der Waals surface area (Å²) in [5.41, 5.74) is 2.79. The molecule has 1 aliphatic rings. The second-order valence-electron chi connectivity index (χ2n) is 7.73. The van der Waals surface area contributed by atoms with Gasteiger partial charge >= 0.3 is 0 Å². The standard InChI is InChI=1S/C24H23N3O4S/c1-32(30,31)22-12-7-13-25-20(22)15-26-23(28)21-14-18-10-5-6-11-19(18)16-27(21)24(29)17-8-3-2-4-9-17/h2-13,21H,14-16H2,1H3,(H,26,28)/t21-/m0/s1. The Morgan fingerprint density at radius 1 is 1.00 bits per heavy atom. The molecule has 2 aromatic carbocycles. The third-order valence-electron chi connectivity index (χ3n) is 5.51. The van der Waals surface area contributed by atoms with E-state index in [1.54, 1.807) is 35.2 Å². The van der Waals surface area contributed by atoms with Gasteiger partial charge in [0.2, 0.25) is 5.91 Å². The van der Waals surface area contributed by atoms with Crippen LogP contribution in [0.1, 0.15) is 27.2 Å². The lowest BCUT2D eigenvalue weighted by atomic mass is 9.92. The SMILES string of the molecule is CS(=O)(=O)c1cccnc1CNC(=O)[C@@H]1Cc2ccccc2CN1C(=O)c1ccccc1. The first-order valence-electron chi connectivity index (χ1n) is 10.2. The van der Waals surface area contributed by atoms with Crippen molar-refractivity contribution in [2.45, 2.75) is 30.4 Å². The third kappa shape index (κ3) is 4.55. The summed E-state index contributed by atoms with van der Waals surface area (Å²) >= 11 is 0. The molecule has 0 aliphatic carbocycles. The maximum atomic E-state index is 13.2. The molecule has 0 fully saturated rings. The topological polar surface area (TPSA) is 96.4 Å². The number of amides is 2. The van der Waals surface area contributed by atoms with Gasteiger partial charge in [-0.3, -0.25) is 14.6 Å². The number of aromatic nitrogens is 1. The van der Waals surface area contributed by atoms with Crippen molar-refractivity contribution in [2.24, 2.45) is 0 Å². The fourth-order valence-electron chi connectivity index (χ4n) is 3.90. The zero-order valence-corrected chi connectivity index (χ0v) is 18.4. The Balaban J connectivity index is 1.60. The van der Waals surface area contributed by atoms with Gasteiger partial charge in [-0.05, 0) is 35.4 Å². The van der Waals surface area contributed by atoms with E-state index in [1.165, 1.54) is 12.3 Å². The van der Waals surface area contributed by atoms with Crippen LogP contribution < -0.4 is 5.32 Å². The molecule has 2 amide bonds. The number of nitrogens with one attached hydrogen (secondary N) is 1. The largest absolute Gasteiger partial charge is 0.349 e. The van der Waals surface area contributed by atoms with Gasteiger partial charge in [0.05, 0.1) is 17.1 Å². The molecule has 8 heteroatoms. The van der Waals surface area contributed by atoms with E-state index < -0.39 is 15.9 Å². The minimum atomic E-state index is -3.48. The van der Waals surface area contributed by atoms with Crippen molar-refractivity contribution in [1.82, 2.24) is 15.2 Å². The third-order valence-corrected chi connectivity index (χ3v) is 6.68. The maximum Gasteiger partial charge on any atom is 0.254 e. The van der Waals surface area contributed by atoms with Crippen molar-refractivity contribution in [3.05, 3.63) is 95.3 Å². The van der Waals surface area contributed by atoms with Gasteiger partial charge in [-0.15, -0.1) is 0 Å². The highest BCUT2D eigenvalue weighted by Crippen LogP contribution is 2.25. The van der Waals surface area contributed by atoms with E-state index in [0.717, 1.165) is 17.4 Å². The molecular weight excluding hydrogens is 426 g/mol. The Morgan fingerprint density at radius 2 is 1.69 bits per heavy atom.